The molecule has 0 spiro atoms. The maximum atomic E-state index is 13.9. The number of likely N-dealkylation sites (N-methyl/N-ethyl adjacent to an activating group) is 1. The molecule has 3 aromatic carbocycles. The SMILES string of the molecule is CCNC(=O)[C@@H](Cc1ccccc1)N(Cc1ccc(Cl)cc1)C(=O)CN(c1ccc(F)c(F)c1)S(C)(=O)=O. The van der Waals surface area contributed by atoms with Gasteiger partial charge in [0.25, 0.3) is 0 Å². The monoisotopic (exact) mass is 563 g/mol. The number of hydrogen-bond acceptors (Lipinski definition) is 4. The molecule has 0 unspecified atom stereocenters. The van der Waals surface area contributed by atoms with Gasteiger partial charge in [-0.05, 0) is 42.3 Å². The Kier molecular flexibility index (Phi) is 9.82. The Morgan fingerprint density at radius 2 is 1.61 bits per heavy atom. The quantitative estimate of drug-likeness (QED) is 0.379. The van der Waals surface area contributed by atoms with Crippen LogP contribution >= 0.6 is 11.6 Å². The van der Waals surface area contributed by atoms with Gasteiger partial charge in [0.1, 0.15) is 12.6 Å². The molecule has 1 atom stereocenters. The van der Waals surface area contributed by atoms with Gasteiger partial charge in [-0.25, -0.2) is 17.2 Å². The highest BCUT2D eigenvalue weighted by Crippen LogP contribution is 2.22. The largest absolute Gasteiger partial charge is 0.355 e. The number of sulfonamides is 1. The topological polar surface area (TPSA) is 86.8 Å². The van der Waals surface area contributed by atoms with Crippen molar-refractivity contribution in [3.05, 3.63) is 101 Å². The van der Waals surface area contributed by atoms with E-state index in [1.165, 1.54) is 4.90 Å². The van der Waals surface area contributed by atoms with E-state index in [-0.39, 0.29) is 18.7 Å². The van der Waals surface area contributed by atoms with Crippen LogP contribution in [0.1, 0.15) is 18.1 Å². The molecule has 0 aliphatic rings. The van der Waals surface area contributed by atoms with E-state index in [2.05, 4.69) is 5.32 Å². The van der Waals surface area contributed by atoms with E-state index >= 15 is 0 Å². The van der Waals surface area contributed by atoms with Gasteiger partial charge >= 0.3 is 0 Å². The van der Waals surface area contributed by atoms with Crippen LogP contribution in [0.2, 0.25) is 5.02 Å². The number of anilines is 1. The molecule has 0 aliphatic carbocycles. The van der Waals surface area contributed by atoms with Gasteiger partial charge in [0.05, 0.1) is 11.9 Å². The molecule has 0 aromatic heterocycles. The Labute approximate surface area is 226 Å². The molecule has 0 heterocycles. The first kappa shape index (κ1) is 29.1. The number of hydrogen-bond donors (Lipinski definition) is 1. The summed E-state index contributed by atoms with van der Waals surface area (Å²) in [6.45, 7) is 1.30. The molecule has 11 heteroatoms. The molecule has 0 fully saturated rings. The van der Waals surface area contributed by atoms with Crippen LogP contribution in [0.4, 0.5) is 14.5 Å². The van der Waals surface area contributed by atoms with Crippen molar-refractivity contribution in [3.8, 4) is 0 Å². The Morgan fingerprint density at radius 1 is 0.947 bits per heavy atom. The number of nitrogens with zero attached hydrogens (tertiary/aromatic N) is 2. The fourth-order valence-electron chi connectivity index (χ4n) is 3.89. The molecule has 0 radical (unpaired) electrons. The number of nitrogens with one attached hydrogen (secondary N) is 1. The molecule has 3 aromatic rings. The van der Waals surface area contributed by atoms with Crippen molar-refractivity contribution in [2.24, 2.45) is 0 Å². The smallest absolute Gasteiger partial charge is 0.244 e. The third-order valence-electron chi connectivity index (χ3n) is 5.76. The number of benzene rings is 3. The van der Waals surface area contributed by atoms with Crippen molar-refractivity contribution in [1.29, 1.82) is 0 Å². The van der Waals surface area contributed by atoms with E-state index in [0.717, 1.165) is 24.0 Å². The zero-order valence-electron chi connectivity index (χ0n) is 20.9. The summed E-state index contributed by atoms with van der Waals surface area (Å²) in [6.07, 6.45) is 1.02. The highest BCUT2D eigenvalue weighted by Gasteiger charge is 2.33. The second-order valence-corrected chi connectivity index (χ2v) is 11.0. The third kappa shape index (κ3) is 7.75. The molecule has 3 rings (SSSR count). The van der Waals surface area contributed by atoms with Crippen LogP contribution in [0.5, 0.6) is 0 Å². The van der Waals surface area contributed by atoms with Gasteiger partial charge in [0.2, 0.25) is 21.8 Å². The van der Waals surface area contributed by atoms with Gasteiger partial charge in [-0.2, -0.15) is 0 Å². The first-order valence-corrected chi connectivity index (χ1v) is 14.0. The molecule has 2 amide bonds. The molecule has 1 N–H and O–H groups in total. The molecule has 0 saturated carbocycles. The lowest BCUT2D eigenvalue weighted by molar-refractivity contribution is -0.140. The maximum absolute atomic E-state index is 13.9. The summed E-state index contributed by atoms with van der Waals surface area (Å²) in [7, 11) is -4.09. The standard InChI is InChI=1S/C27H28ClF2N3O4S/c1-3-31-27(35)25(15-19-7-5-4-6-8-19)32(17-20-9-11-21(28)12-10-20)26(34)18-33(38(2,36)37)22-13-14-23(29)24(30)16-22/h4-14,16,25H,3,15,17-18H2,1-2H3,(H,31,35)/t25-/m1/s1. The maximum Gasteiger partial charge on any atom is 0.244 e. The lowest BCUT2D eigenvalue weighted by Gasteiger charge is -2.33. The molecular weight excluding hydrogens is 536 g/mol. The van der Waals surface area contributed by atoms with E-state index in [9.17, 15) is 26.8 Å². The summed E-state index contributed by atoms with van der Waals surface area (Å²) in [5.74, 6) is -3.54. The number of rotatable bonds is 11. The minimum Gasteiger partial charge on any atom is -0.355 e. The van der Waals surface area contributed by atoms with Gasteiger partial charge in [-0.15, -0.1) is 0 Å². The van der Waals surface area contributed by atoms with Crippen molar-refractivity contribution in [1.82, 2.24) is 10.2 Å². The van der Waals surface area contributed by atoms with Crippen LogP contribution in [0.15, 0.2) is 72.8 Å². The lowest BCUT2D eigenvalue weighted by atomic mass is 10.0. The minimum atomic E-state index is -4.09. The van der Waals surface area contributed by atoms with Crippen LogP contribution < -0.4 is 9.62 Å². The van der Waals surface area contributed by atoms with Crippen molar-refractivity contribution < 1.29 is 26.8 Å². The fourth-order valence-corrected chi connectivity index (χ4v) is 4.85. The highest BCUT2D eigenvalue weighted by atomic mass is 35.5. The van der Waals surface area contributed by atoms with E-state index in [1.54, 1.807) is 31.2 Å². The lowest BCUT2D eigenvalue weighted by Crippen LogP contribution is -2.53. The number of halogens is 3. The summed E-state index contributed by atoms with van der Waals surface area (Å²) in [4.78, 5) is 28.3. The first-order chi connectivity index (χ1) is 18.0. The van der Waals surface area contributed by atoms with Crippen molar-refractivity contribution in [2.75, 3.05) is 23.7 Å². The molecule has 0 saturated heterocycles. The summed E-state index contributed by atoms with van der Waals surface area (Å²) in [6, 6.07) is 17.3. The second kappa shape index (κ2) is 12.8. The number of amides is 2. The van der Waals surface area contributed by atoms with Gasteiger partial charge in [0, 0.05) is 30.6 Å². The summed E-state index contributed by atoms with van der Waals surface area (Å²) in [5, 5.41) is 3.23. The Balaban J connectivity index is 2.04. The minimum absolute atomic E-state index is 0.0278. The van der Waals surface area contributed by atoms with Crippen LogP contribution in [-0.4, -0.2) is 50.5 Å². The van der Waals surface area contributed by atoms with E-state index in [4.69, 9.17) is 11.6 Å². The summed E-state index contributed by atoms with van der Waals surface area (Å²) < 4.78 is 53.4. The number of carbonyl (C=O) groups is 2. The molecule has 7 nitrogen and oxygen atoms in total. The third-order valence-corrected chi connectivity index (χ3v) is 7.15. The normalized spacial score (nSPS) is 12.0. The molecular formula is C27H28ClF2N3O4S. The Hall–Kier alpha value is -3.50. The van der Waals surface area contributed by atoms with Crippen molar-refractivity contribution in [2.45, 2.75) is 25.9 Å². The molecule has 38 heavy (non-hydrogen) atoms. The fraction of sp³-hybridized carbons (Fsp3) is 0.259. The van der Waals surface area contributed by atoms with Gasteiger partial charge in [0.15, 0.2) is 11.6 Å². The van der Waals surface area contributed by atoms with Crippen LogP contribution in [0.25, 0.3) is 0 Å². The van der Waals surface area contributed by atoms with Crippen molar-refractivity contribution >= 4 is 39.1 Å². The molecule has 202 valence electrons. The van der Waals surface area contributed by atoms with E-state index in [0.29, 0.717) is 27.5 Å². The average Bonchev–Trinajstić information content (AvgIpc) is 2.87. The van der Waals surface area contributed by atoms with Gasteiger partial charge in [-0.1, -0.05) is 54.1 Å². The Bertz CT molecular complexity index is 1370. The predicted octanol–water partition coefficient (Wildman–Crippen LogP) is 4.16. The van der Waals surface area contributed by atoms with Gasteiger partial charge in [-0.3, -0.25) is 13.9 Å². The van der Waals surface area contributed by atoms with Gasteiger partial charge < -0.3 is 10.2 Å². The highest BCUT2D eigenvalue weighted by molar-refractivity contribution is 7.92. The average molecular weight is 564 g/mol. The van der Waals surface area contributed by atoms with Crippen LogP contribution in [0.3, 0.4) is 0 Å². The molecule has 0 bridgehead atoms. The van der Waals surface area contributed by atoms with Crippen LogP contribution in [0, 0.1) is 11.6 Å². The van der Waals surface area contributed by atoms with Crippen molar-refractivity contribution in [3.63, 3.8) is 0 Å². The zero-order valence-corrected chi connectivity index (χ0v) is 22.5. The molecule has 0 aliphatic heterocycles. The zero-order chi connectivity index (χ0) is 27.9. The predicted molar refractivity (Wildman–Crippen MR) is 143 cm³/mol. The summed E-state index contributed by atoms with van der Waals surface area (Å²) >= 11 is 6.01. The number of carbonyl (C=O) groups excluding carboxylic acids is 2. The second-order valence-electron chi connectivity index (χ2n) is 8.62. The van der Waals surface area contributed by atoms with Crippen LogP contribution in [-0.2, 0) is 32.6 Å². The van der Waals surface area contributed by atoms with E-state index in [1.807, 2.05) is 30.3 Å². The first-order valence-electron chi connectivity index (χ1n) is 11.8. The van der Waals surface area contributed by atoms with E-state index < -0.39 is 46.1 Å². The Morgan fingerprint density at radius 3 is 2.18 bits per heavy atom. The summed E-state index contributed by atoms with van der Waals surface area (Å²) in [5.41, 5.74) is 1.23.